The normalized spacial score (nSPS) is 15.1. The van der Waals surface area contributed by atoms with Crippen molar-refractivity contribution in [2.75, 3.05) is 31.1 Å². The molecule has 5 rings (SSSR count). The molecule has 0 saturated carbocycles. The van der Waals surface area contributed by atoms with Gasteiger partial charge in [-0.1, -0.05) is 48.5 Å². The van der Waals surface area contributed by atoms with E-state index >= 15 is 0 Å². The van der Waals surface area contributed by atoms with Gasteiger partial charge in [-0.25, -0.2) is 4.39 Å². The largest absolute Gasteiger partial charge is 0.507 e. The van der Waals surface area contributed by atoms with Crippen LogP contribution >= 0.6 is 0 Å². The topological polar surface area (TPSA) is 61.6 Å². The molecule has 3 heterocycles. The Labute approximate surface area is 209 Å². The molecule has 7 heteroatoms. The zero-order chi connectivity index (χ0) is 25.1. The van der Waals surface area contributed by atoms with Crippen molar-refractivity contribution < 1.29 is 9.50 Å². The Kier molecular flexibility index (Phi) is 6.82. The van der Waals surface area contributed by atoms with Crippen LogP contribution in [0.5, 0.6) is 5.75 Å². The van der Waals surface area contributed by atoms with Crippen molar-refractivity contribution >= 4 is 5.69 Å². The number of piperazine rings is 1. The van der Waals surface area contributed by atoms with E-state index in [1.807, 2.05) is 66.4 Å². The first-order valence-electron chi connectivity index (χ1n) is 12.1. The van der Waals surface area contributed by atoms with Crippen LogP contribution in [0.1, 0.15) is 28.6 Å². The molecule has 0 amide bonds. The van der Waals surface area contributed by atoms with Crippen molar-refractivity contribution in [1.29, 1.82) is 0 Å². The van der Waals surface area contributed by atoms with E-state index in [0.29, 0.717) is 49.7 Å². The Morgan fingerprint density at radius 2 is 1.64 bits per heavy atom. The fraction of sp³-hybridized carbons (Fsp3) is 0.241. The first kappa shape index (κ1) is 23.8. The number of aromatic hydroxyl groups is 1. The highest BCUT2D eigenvalue weighted by atomic mass is 19.1. The lowest BCUT2D eigenvalue weighted by molar-refractivity contribution is 0.207. The molecule has 1 atom stereocenters. The van der Waals surface area contributed by atoms with Crippen molar-refractivity contribution in [1.82, 2.24) is 14.5 Å². The maximum atomic E-state index is 14.4. The van der Waals surface area contributed by atoms with Gasteiger partial charge in [-0.15, -0.1) is 0 Å². The Morgan fingerprint density at radius 1 is 0.944 bits per heavy atom. The second-order valence-corrected chi connectivity index (χ2v) is 9.08. The van der Waals surface area contributed by atoms with Crippen LogP contribution in [-0.2, 0) is 6.54 Å². The Hall–Kier alpha value is -3.97. The summed E-state index contributed by atoms with van der Waals surface area (Å²) >= 11 is 0. The predicted molar refractivity (Wildman–Crippen MR) is 139 cm³/mol. The summed E-state index contributed by atoms with van der Waals surface area (Å²) in [6.07, 6.45) is 1.71. The van der Waals surface area contributed by atoms with E-state index < -0.39 is 6.04 Å². The monoisotopic (exact) mass is 484 g/mol. The van der Waals surface area contributed by atoms with E-state index in [1.165, 1.54) is 6.07 Å². The van der Waals surface area contributed by atoms with Crippen molar-refractivity contribution in [3.8, 4) is 5.75 Å². The molecule has 4 aromatic rings. The molecule has 36 heavy (non-hydrogen) atoms. The molecule has 1 aliphatic heterocycles. The van der Waals surface area contributed by atoms with Gasteiger partial charge in [0.15, 0.2) is 0 Å². The number of rotatable bonds is 6. The van der Waals surface area contributed by atoms with Crippen LogP contribution < -0.4 is 10.5 Å². The van der Waals surface area contributed by atoms with Crippen LogP contribution in [0.4, 0.5) is 10.1 Å². The lowest BCUT2D eigenvalue weighted by Crippen LogP contribution is -2.49. The summed E-state index contributed by atoms with van der Waals surface area (Å²) in [6, 6.07) is 23.4. The molecule has 0 radical (unpaired) electrons. The molecule has 2 aromatic heterocycles. The van der Waals surface area contributed by atoms with E-state index in [0.717, 1.165) is 11.3 Å². The molecular weight excluding hydrogens is 455 g/mol. The second kappa shape index (κ2) is 10.3. The van der Waals surface area contributed by atoms with Gasteiger partial charge in [-0.3, -0.25) is 14.7 Å². The number of benzene rings is 2. The average Bonchev–Trinajstić information content (AvgIpc) is 2.90. The first-order chi connectivity index (χ1) is 17.5. The molecule has 0 unspecified atom stereocenters. The molecule has 1 aliphatic rings. The SMILES string of the molecule is Cc1cc(O)c([C@@H](c2ccccc2)N2CCN(c3ccccc3F)CC2)c(=O)n1Cc1ccccn1. The summed E-state index contributed by atoms with van der Waals surface area (Å²) in [4.78, 5) is 22.5. The Morgan fingerprint density at radius 3 is 2.33 bits per heavy atom. The molecule has 0 spiro atoms. The molecule has 1 N–H and O–H groups in total. The molecule has 1 fully saturated rings. The zero-order valence-corrected chi connectivity index (χ0v) is 20.2. The van der Waals surface area contributed by atoms with Crippen molar-refractivity contribution in [2.45, 2.75) is 19.5 Å². The minimum absolute atomic E-state index is 0.0137. The number of hydrogen-bond acceptors (Lipinski definition) is 5. The minimum atomic E-state index is -0.433. The van der Waals surface area contributed by atoms with E-state index in [2.05, 4.69) is 9.88 Å². The zero-order valence-electron chi connectivity index (χ0n) is 20.2. The number of pyridine rings is 2. The van der Waals surface area contributed by atoms with Crippen LogP contribution in [0.3, 0.4) is 0 Å². The first-order valence-corrected chi connectivity index (χ1v) is 12.1. The van der Waals surface area contributed by atoms with Crippen LogP contribution in [0, 0.1) is 12.7 Å². The number of hydrogen-bond donors (Lipinski definition) is 1. The van der Waals surface area contributed by atoms with Gasteiger partial charge in [-0.2, -0.15) is 0 Å². The van der Waals surface area contributed by atoms with E-state index in [4.69, 9.17) is 0 Å². The van der Waals surface area contributed by atoms with Crippen LogP contribution in [-0.4, -0.2) is 45.7 Å². The van der Waals surface area contributed by atoms with Gasteiger partial charge in [0.2, 0.25) is 0 Å². The van der Waals surface area contributed by atoms with Gasteiger partial charge in [0, 0.05) is 38.1 Å². The van der Waals surface area contributed by atoms with Crippen LogP contribution in [0.15, 0.2) is 89.9 Å². The summed E-state index contributed by atoms with van der Waals surface area (Å²) in [6.45, 7) is 4.58. The Bertz CT molecular complexity index is 1380. The van der Waals surface area contributed by atoms with Gasteiger partial charge >= 0.3 is 0 Å². The highest BCUT2D eigenvalue weighted by molar-refractivity contribution is 5.48. The number of halogens is 1. The number of aryl methyl sites for hydroxylation is 1. The second-order valence-electron chi connectivity index (χ2n) is 9.08. The third kappa shape index (κ3) is 4.75. The minimum Gasteiger partial charge on any atom is -0.507 e. The van der Waals surface area contributed by atoms with Gasteiger partial charge < -0.3 is 14.6 Å². The molecule has 0 bridgehead atoms. The van der Waals surface area contributed by atoms with Gasteiger partial charge in [0.25, 0.3) is 5.56 Å². The van der Waals surface area contributed by atoms with Gasteiger partial charge in [0.05, 0.1) is 29.5 Å². The third-order valence-electron chi connectivity index (χ3n) is 6.83. The van der Waals surface area contributed by atoms with E-state index in [1.54, 1.807) is 29.0 Å². The number of aromatic nitrogens is 2. The molecular formula is C29H29FN4O2. The fourth-order valence-corrected chi connectivity index (χ4v) is 5.00. The molecule has 184 valence electrons. The average molecular weight is 485 g/mol. The van der Waals surface area contributed by atoms with Crippen LogP contribution in [0.2, 0.25) is 0 Å². The molecule has 2 aromatic carbocycles. The molecule has 6 nitrogen and oxygen atoms in total. The predicted octanol–water partition coefficient (Wildman–Crippen LogP) is 4.36. The van der Waals surface area contributed by atoms with Crippen molar-refractivity contribution in [2.24, 2.45) is 0 Å². The fourth-order valence-electron chi connectivity index (χ4n) is 5.00. The Balaban J connectivity index is 1.52. The number of para-hydroxylation sites is 1. The quantitative estimate of drug-likeness (QED) is 0.441. The standard InChI is InChI=1S/C29H29FN4O2/c1-21-19-26(35)27(29(36)34(21)20-23-11-7-8-14-31-23)28(22-9-3-2-4-10-22)33-17-15-32(16-18-33)25-13-6-5-12-24(25)30/h2-14,19,28,35H,15-18,20H2,1H3/t28-/m1/s1. The van der Waals surface area contributed by atoms with Crippen molar-refractivity contribution in [3.05, 3.63) is 124 Å². The molecule has 1 saturated heterocycles. The van der Waals surface area contributed by atoms with Crippen molar-refractivity contribution in [3.63, 3.8) is 0 Å². The lowest BCUT2D eigenvalue weighted by Gasteiger charge is -2.40. The highest BCUT2D eigenvalue weighted by Crippen LogP contribution is 2.34. The number of anilines is 1. The van der Waals surface area contributed by atoms with Gasteiger partial charge in [-0.05, 0) is 42.8 Å². The van der Waals surface area contributed by atoms with E-state index in [-0.39, 0.29) is 17.1 Å². The highest BCUT2D eigenvalue weighted by Gasteiger charge is 2.32. The molecule has 0 aliphatic carbocycles. The summed E-state index contributed by atoms with van der Waals surface area (Å²) < 4.78 is 16.1. The van der Waals surface area contributed by atoms with Gasteiger partial charge in [0.1, 0.15) is 11.6 Å². The summed E-state index contributed by atoms with van der Waals surface area (Å²) in [7, 11) is 0. The maximum absolute atomic E-state index is 14.4. The summed E-state index contributed by atoms with van der Waals surface area (Å²) in [5, 5.41) is 11.1. The lowest BCUT2D eigenvalue weighted by atomic mass is 9.96. The summed E-state index contributed by atoms with van der Waals surface area (Å²) in [5.74, 6) is -0.251. The smallest absolute Gasteiger partial charge is 0.260 e. The van der Waals surface area contributed by atoms with Crippen LogP contribution in [0.25, 0.3) is 0 Å². The summed E-state index contributed by atoms with van der Waals surface area (Å²) in [5.41, 5.74) is 3.07. The third-order valence-corrected chi connectivity index (χ3v) is 6.83. The van der Waals surface area contributed by atoms with E-state index in [9.17, 15) is 14.3 Å². The maximum Gasteiger partial charge on any atom is 0.260 e. The number of nitrogens with zero attached hydrogens (tertiary/aromatic N) is 4.